The lowest BCUT2D eigenvalue weighted by Crippen LogP contribution is -2.61. The lowest BCUT2D eigenvalue weighted by molar-refractivity contribution is 0.792. The molecular formula is C105H62BN3. The second-order valence-electron chi connectivity index (χ2n) is 31.1. The van der Waals surface area contributed by atoms with E-state index in [0.29, 0.717) is 0 Å². The quantitative estimate of drug-likeness (QED) is 0.163. The van der Waals surface area contributed by atoms with Crippen LogP contribution in [-0.2, 0) is 16.2 Å². The van der Waals surface area contributed by atoms with Crippen LogP contribution >= 0.6 is 0 Å². The molecule has 3 spiro atoms. The summed E-state index contributed by atoms with van der Waals surface area (Å²) in [7, 11) is 0. The van der Waals surface area contributed by atoms with Gasteiger partial charge in [-0.25, -0.2) is 0 Å². The summed E-state index contributed by atoms with van der Waals surface area (Å²) in [4.78, 5) is 5.48. The highest BCUT2D eigenvalue weighted by molar-refractivity contribution is 7.00. The van der Waals surface area contributed by atoms with Crippen molar-refractivity contribution in [2.75, 3.05) is 9.80 Å². The zero-order valence-corrected chi connectivity index (χ0v) is 59.2. The first-order valence-electron chi connectivity index (χ1n) is 38.4. The first kappa shape index (κ1) is 58.5. The van der Waals surface area contributed by atoms with Crippen molar-refractivity contribution in [3.63, 3.8) is 0 Å². The molecule has 17 aromatic carbocycles. The van der Waals surface area contributed by atoms with Crippen LogP contribution in [0.2, 0.25) is 0 Å². The number of hydrogen-bond acceptors (Lipinski definition) is 2. The Kier molecular flexibility index (Phi) is 11.2. The summed E-state index contributed by atoms with van der Waals surface area (Å²) in [5.41, 5.74) is 45.8. The zero-order valence-electron chi connectivity index (χ0n) is 59.2. The van der Waals surface area contributed by atoms with Gasteiger partial charge in [0.1, 0.15) is 0 Å². The van der Waals surface area contributed by atoms with Gasteiger partial charge < -0.3 is 14.4 Å². The Hall–Kier alpha value is -13.8. The van der Waals surface area contributed by atoms with Crippen molar-refractivity contribution < 1.29 is 0 Å². The SMILES string of the molecule is c1ccc(-c2ccc3c(c2)B2c4cc5c(cc4N(c4ccc6c(c4)C4(c7ccccc7-c7ccccc74)c4ccccc4-6)c4cc(-n6c7ccccc7c7ccccc76)cc(c42)N3c2cccc3c2-c2ccccc2C32c3ccccc3-c3ccccc32)C2(c3ccccc3-c3ccccc32)c2ccccc2-5)cc1. The molecule has 0 fully saturated rings. The van der Waals surface area contributed by atoms with Crippen molar-refractivity contribution in [1.82, 2.24) is 4.57 Å². The van der Waals surface area contributed by atoms with E-state index in [1.165, 1.54) is 177 Å². The Morgan fingerprint density at radius 2 is 0.587 bits per heavy atom. The van der Waals surface area contributed by atoms with E-state index >= 15 is 0 Å². The van der Waals surface area contributed by atoms with Crippen LogP contribution in [0.4, 0.5) is 34.1 Å². The molecule has 0 bridgehead atoms. The number of nitrogens with zero attached hydrogens (tertiary/aromatic N) is 3. The van der Waals surface area contributed by atoms with Crippen molar-refractivity contribution in [3.05, 3.63) is 443 Å². The van der Waals surface area contributed by atoms with E-state index < -0.39 is 16.2 Å². The lowest BCUT2D eigenvalue weighted by atomic mass is 9.33. The normalized spacial score (nSPS) is 15.0. The van der Waals surface area contributed by atoms with Crippen LogP contribution in [0.1, 0.15) is 66.8 Å². The Morgan fingerprint density at radius 1 is 0.202 bits per heavy atom. The maximum absolute atomic E-state index is 2.76. The fourth-order valence-corrected chi connectivity index (χ4v) is 22.8. The van der Waals surface area contributed by atoms with Gasteiger partial charge in [-0.1, -0.05) is 322 Å². The summed E-state index contributed by atoms with van der Waals surface area (Å²) in [5.74, 6) is 0. The number of benzene rings is 17. The van der Waals surface area contributed by atoms with Gasteiger partial charge in [0.25, 0.3) is 6.71 Å². The van der Waals surface area contributed by atoms with Crippen molar-refractivity contribution in [2.45, 2.75) is 16.2 Å². The number of fused-ring (bicyclic) bond motifs is 37. The summed E-state index contributed by atoms with van der Waals surface area (Å²) in [5, 5.41) is 2.44. The number of hydrogen-bond donors (Lipinski definition) is 0. The van der Waals surface area contributed by atoms with Crippen LogP contribution in [0.3, 0.4) is 0 Å². The van der Waals surface area contributed by atoms with Crippen molar-refractivity contribution >= 4 is 79.0 Å². The summed E-state index contributed by atoms with van der Waals surface area (Å²) in [6, 6.07) is 146. The second kappa shape index (κ2) is 20.8. The first-order valence-corrected chi connectivity index (χ1v) is 38.4. The van der Waals surface area contributed by atoms with E-state index in [4.69, 9.17) is 0 Å². The van der Waals surface area contributed by atoms with Gasteiger partial charge in [0.05, 0.1) is 38.7 Å². The molecule has 6 aliphatic carbocycles. The van der Waals surface area contributed by atoms with Crippen molar-refractivity contribution in [1.29, 1.82) is 0 Å². The second-order valence-corrected chi connectivity index (χ2v) is 31.1. The number of rotatable bonds is 4. The molecule has 3 nitrogen and oxygen atoms in total. The molecule has 500 valence electrons. The van der Waals surface area contributed by atoms with Gasteiger partial charge in [-0.2, -0.15) is 0 Å². The molecule has 0 amide bonds. The van der Waals surface area contributed by atoms with E-state index in [0.717, 1.165) is 45.2 Å². The van der Waals surface area contributed by atoms with Gasteiger partial charge in [0.2, 0.25) is 0 Å². The van der Waals surface area contributed by atoms with Gasteiger partial charge in [-0.05, 0) is 210 Å². The van der Waals surface area contributed by atoms with Crippen LogP contribution in [0.5, 0.6) is 0 Å². The number of para-hydroxylation sites is 2. The fourth-order valence-electron chi connectivity index (χ4n) is 22.8. The summed E-state index contributed by atoms with van der Waals surface area (Å²) in [6.07, 6.45) is 0. The summed E-state index contributed by atoms with van der Waals surface area (Å²) in [6.45, 7) is -0.266. The minimum absolute atomic E-state index is 0.266. The monoisotopic (exact) mass is 1380 g/mol. The fraction of sp³-hybridized carbons (Fsp3) is 0.0286. The first-order chi connectivity index (χ1) is 54.1. The van der Waals surface area contributed by atoms with Crippen LogP contribution in [0.25, 0.3) is 105 Å². The zero-order chi connectivity index (χ0) is 70.7. The molecule has 26 rings (SSSR count). The molecule has 0 N–H and O–H groups in total. The standard InChI is InChI=1S/C105H62BN3/c1-2-27-63(28-3-1)64-53-56-96-92(57-64)106-93-61-79-74-36-11-22-47-87(74)105(84-44-19-8-33-71(84)72-34-9-20-45-85(72)105)91(79)62-98(93)107(65-54-55-75-73-35-10-21-46-86(73)104(90(75)58-65)82-42-17-6-31-69(82)70-32-7-18-43-83(70)104)99-59-66(108-94-50-24-13-37-76(94)77-38-14-25-51-95(77)108)60-100(102(99)106)109(96)97-52-26-49-89-101(97)78-39-12-23-48-88(78)103(89)80-40-15-4-29-67(80)68-30-5-16-41-81(68)103/h1-62H. The Labute approximate surface area is 631 Å². The molecule has 0 saturated heterocycles. The smallest absolute Gasteiger partial charge is 0.252 e. The average molecular weight is 1380 g/mol. The molecule has 4 heteroatoms. The van der Waals surface area contributed by atoms with Crippen LogP contribution in [0.15, 0.2) is 376 Å². The molecule has 1 aromatic heterocycles. The Balaban J connectivity index is 0.835. The molecule has 3 heterocycles. The van der Waals surface area contributed by atoms with Crippen LogP contribution in [0, 0.1) is 0 Å². The minimum Gasteiger partial charge on any atom is -0.311 e. The van der Waals surface area contributed by atoms with Crippen LogP contribution < -0.4 is 26.2 Å². The molecule has 0 atom stereocenters. The van der Waals surface area contributed by atoms with Gasteiger partial charge in [-0.3, -0.25) is 0 Å². The third-order valence-electron chi connectivity index (χ3n) is 26.6. The van der Waals surface area contributed by atoms with E-state index in [2.05, 4.69) is 390 Å². The minimum atomic E-state index is -0.625. The molecule has 0 saturated carbocycles. The van der Waals surface area contributed by atoms with Gasteiger partial charge in [0.15, 0.2) is 0 Å². The third kappa shape index (κ3) is 6.96. The molecule has 109 heavy (non-hydrogen) atoms. The maximum Gasteiger partial charge on any atom is 0.252 e. The average Bonchev–Trinajstić information content (AvgIpc) is 1.58. The van der Waals surface area contributed by atoms with E-state index in [9.17, 15) is 0 Å². The molecule has 18 aromatic rings. The highest BCUT2D eigenvalue weighted by atomic mass is 15.2. The van der Waals surface area contributed by atoms with Crippen molar-refractivity contribution in [3.8, 4) is 83.6 Å². The molecule has 2 aliphatic heterocycles. The van der Waals surface area contributed by atoms with E-state index in [-0.39, 0.29) is 6.71 Å². The highest BCUT2D eigenvalue weighted by Gasteiger charge is 2.57. The number of anilines is 6. The number of aromatic nitrogens is 1. The molecule has 0 unspecified atom stereocenters. The van der Waals surface area contributed by atoms with Crippen LogP contribution in [-0.4, -0.2) is 11.3 Å². The van der Waals surface area contributed by atoms with Gasteiger partial charge >= 0.3 is 0 Å². The Bertz CT molecular complexity index is 6960. The van der Waals surface area contributed by atoms with Crippen molar-refractivity contribution in [2.24, 2.45) is 0 Å². The predicted molar refractivity (Wildman–Crippen MR) is 449 cm³/mol. The highest BCUT2D eigenvalue weighted by Crippen LogP contribution is 2.69. The largest absolute Gasteiger partial charge is 0.311 e. The topological polar surface area (TPSA) is 11.4 Å². The summed E-state index contributed by atoms with van der Waals surface area (Å²) < 4.78 is 2.57. The molecule has 8 aliphatic rings. The van der Waals surface area contributed by atoms with Gasteiger partial charge in [-0.15, -0.1) is 0 Å². The third-order valence-corrected chi connectivity index (χ3v) is 26.6. The molecular weight excluding hydrogens is 1310 g/mol. The lowest BCUT2D eigenvalue weighted by Gasteiger charge is -2.45. The van der Waals surface area contributed by atoms with E-state index in [1.54, 1.807) is 0 Å². The predicted octanol–water partition coefficient (Wildman–Crippen LogP) is 23.6. The molecule has 0 radical (unpaired) electrons. The van der Waals surface area contributed by atoms with Gasteiger partial charge in [0, 0.05) is 44.8 Å². The maximum atomic E-state index is 2.76. The summed E-state index contributed by atoms with van der Waals surface area (Å²) >= 11 is 0. The van der Waals surface area contributed by atoms with E-state index in [1.807, 2.05) is 0 Å². The Morgan fingerprint density at radius 3 is 1.09 bits per heavy atom.